The van der Waals surface area contributed by atoms with Crippen LogP contribution in [0.15, 0.2) is 0 Å². The van der Waals surface area contributed by atoms with Crippen LogP contribution in [0.4, 0.5) is 0 Å². The molecule has 0 aliphatic carbocycles. The van der Waals surface area contributed by atoms with Crippen LogP contribution in [0.5, 0.6) is 0 Å². The Balaban J connectivity index is 2.15. The lowest BCUT2D eigenvalue weighted by molar-refractivity contribution is -0.0900. The summed E-state index contributed by atoms with van der Waals surface area (Å²) in [6, 6.07) is 0. The Labute approximate surface area is 62.0 Å². The second-order valence-electron chi connectivity index (χ2n) is 3.25. The number of likely N-dealkylation sites (tertiary alicyclic amines) is 1. The Kier molecular flexibility index (Phi) is 2.28. The molecule has 0 spiro atoms. The Morgan fingerprint density at radius 1 is 1.60 bits per heavy atom. The molecule has 3 heteroatoms. The lowest BCUT2D eigenvalue weighted by Gasteiger charge is -2.44. The van der Waals surface area contributed by atoms with E-state index in [0.717, 1.165) is 26.1 Å². The second-order valence-corrected chi connectivity index (χ2v) is 3.25. The highest BCUT2D eigenvalue weighted by Gasteiger charge is 2.37. The van der Waals surface area contributed by atoms with E-state index in [4.69, 9.17) is 0 Å². The van der Waals surface area contributed by atoms with Crippen LogP contribution in [0, 0.1) is 0 Å². The molecule has 10 heavy (non-hydrogen) atoms. The molecule has 1 aliphatic heterocycles. The topological polar surface area (TPSA) is 35.5 Å². The van der Waals surface area contributed by atoms with Gasteiger partial charge in [-0.1, -0.05) is 0 Å². The zero-order valence-electron chi connectivity index (χ0n) is 6.72. The fraction of sp³-hybridized carbons (Fsp3) is 1.00. The molecule has 1 rings (SSSR count). The molecule has 0 amide bonds. The van der Waals surface area contributed by atoms with Crippen molar-refractivity contribution in [2.24, 2.45) is 0 Å². The van der Waals surface area contributed by atoms with Crippen molar-refractivity contribution in [2.75, 3.05) is 33.7 Å². The number of hydrogen-bond donors (Lipinski definition) is 2. The minimum Gasteiger partial charge on any atom is -0.387 e. The van der Waals surface area contributed by atoms with Crippen molar-refractivity contribution in [1.82, 2.24) is 10.2 Å². The van der Waals surface area contributed by atoms with Gasteiger partial charge in [0.25, 0.3) is 0 Å². The van der Waals surface area contributed by atoms with Gasteiger partial charge >= 0.3 is 0 Å². The smallest absolute Gasteiger partial charge is 0.0912 e. The molecule has 0 aromatic carbocycles. The number of nitrogens with zero attached hydrogens (tertiary/aromatic N) is 1. The SMILES string of the molecule is CNCCC1(O)CN(C)C1. The lowest BCUT2D eigenvalue weighted by atomic mass is 9.91. The summed E-state index contributed by atoms with van der Waals surface area (Å²) in [4.78, 5) is 2.12. The first-order valence-corrected chi connectivity index (χ1v) is 3.72. The summed E-state index contributed by atoms with van der Waals surface area (Å²) in [5.74, 6) is 0. The summed E-state index contributed by atoms with van der Waals surface area (Å²) >= 11 is 0. The molecule has 60 valence electrons. The highest BCUT2D eigenvalue weighted by Crippen LogP contribution is 2.21. The van der Waals surface area contributed by atoms with E-state index in [1.54, 1.807) is 0 Å². The maximum absolute atomic E-state index is 9.63. The number of β-amino-alcohol motifs (C(OH)–C–C–N with tert-alkyl or cyclic N) is 1. The highest BCUT2D eigenvalue weighted by atomic mass is 16.3. The fourth-order valence-electron chi connectivity index (χ4n) is 1.47. The largest absolute Gasteiger partial charge is 0.387 e. The van der Waals surface area contributed by atoms with Gasteiger partial charge in [-0.15, -0.1) is 0 Å². The van der Waals surface area contributed by atoms with Crippen molar-refractivity contribution in [3.8, 4) is 0 Å². The molecule has 0 unspecified atom stereocenters. The first-order chi connectivity index (χ1) is 4.66. The van der Waals surface area contributed by atoms with Gasteiger partial charge in [-0.25, -0.2) is 0 Å². The van der Waals surface area contributed by atoms with E-state index in [-0.39, 0.29) is 0 Å². The predicted molar refractivity (Wildman–Crippen MR) is 41.0 cm³/mol. The number of aliphatic hydroxyl groups is 1. The Hall–Kier alpha value is -0.120. The summed E-state index contributed by atoms with van der Waals surface area (Å²) in [7, 11) is 3.93. The van der Waals surface area contributed by atoms with Crippen molar-refractivity contribution in [3.63, 3.8) is 0 Å². The van der Waals surface area contributed by atoms with Crippen molar-refractivity contribution >= 4 is 0 Å². The third-order valence-corrected chi connectivity index (χ3v) is 1.97. The van der Waals surface area contributed by atoms with E-state index in [0.29, 0.717) is 0 Å². The van der Waals surface area contributed by atoms with Crippen LogP contribution >= 0.6 is 0 Å². The van der Waals surface area contributed by atoms with Crippen LogP contribution in [-0.2, 0) is 0 Å². The molecule has 1 heterocycles. The van der Waals surface area contributed by atoms with E-state index >= 15 is 0 Å². The van der Waals surface area contributed by atoms with E-state index in [9.17, 15) is 5.11 Å². The first-order valence-electron chi connectivity index (χ1n) is 3.72. The Morgan fingerprint density at radius 3 is 2.60 bits per heavy atom. The van der Waals surface area contributed by atoms with Gasteiger partial charge in [-0.3, -0.25) is 0 Å². The van der Waals surface area contributed by atoms with Crippen LogP contribution in [0.1, 0.15) is 6.42 Å². The van der Waals surface area contributed by atoms with Crippen LogP contribution in [0.25, 0.3) is 0 Å². The van der Waals surface area contributed by atoms with E-state index in [2.05, 4.69) is 10.2 Å². The fourth-order valence-corrected chi connectivity index (χ4v) is 1.47. The summed E-state index contributed by atoms with van der Waals surface area (Å²) in [5.41, 5.74) is -0.391. The van der Waals surface area contributed by atoms with Crippen molar-refractivity contribution < 1.29 is 5.11 Å². The van der Waals surface area contributed by atoms with Crippen LogP contribution in [0.3, 0.4) is 0 Å². The third-order valence-electron chi connectivity index (χ3n) is 1.97. The number of nitrogens with one attached hydrogen (secondary N) is 1. The molecule has 0 bridgehead atoms. The number of hydrogen-bond acceptors (Lipinski definition) is 3. The molecule has 1 aliphatic rings. The van der Waals surface area contributed by atoms with Gasteiger partial charge in [0.2, 0.25) is 0 Å². The van der Waals surface area contributed by atoms with Gasteiger partial charge in [0.15, 0.2) is 0 Å². The lowest BCUT2D eigenvalue weighted by Crippen LogP contribution is -2.60. The second kappa shape index (κ2) is 2.86. The molecule has 0 aromatic heterocycles. The monoisotopic (exact) mass is 144 g/mol. The minimum atomic E-state index is -0.391. The van der Waals surface area contributed by atoms with Gasteiger partial charge in [-0.2, -0.15) is 0 Å². The maximum Gasteiger partial charge on any atom is 0.0912 e. The zero-order chi connectivity index (χ0) is 7.61. The van der Waals surface area contributed by atoms with Gasteiger partial charge in [0.1, 0.15) is 0 Å². The first kappa shape index (κ1) is 7.98. The molecule has 2 N–H and O–H groups in total. The van der Waals surface area contributed by atoms with Crippen LogP contribution in [0.2, 0.25) is 0 Å². The van der Waals surface area contributed by atoms with Gasteiger partial charge in [-0.05, 0) is 27.1 Å². The molecular weight excluding hydrogens is 128 g/mol. The highest BCUT2D eigenvalue weighted by molar-refractivity contribution is 4.93. The quantitative estimate of drug-likeness (QED) is 0.548. The normalized spacial score (nSPS) is 24.3. The zero-order valence-corrected chi connectivity index (χ0v) is 6.72. The van der Waals surface area contributed by atoms with E-state index in [1.807, 2.05) is 14.1 Å². The van der Waals surface area contributed by atoms with Crippen molar-refractivity contribution in [1.29, 1.82) is 0 Å². The average molecular weight is 144 g/mol. The molecule has 0 saturated carbocycles. The molecule has 1 saturated heterocycles. The molecule has 3 nitrogen and oxygen atoms in total. The number of rotatable bonds is 3. The third kappa shape index (κ3) is 1.68. The molecular formula is C7H16N2O. The van der Waals surface area contributed by atoms with Gasteiger partial charge < -0.3 is 15.3 Å². The average Bonchev–Trinajstić information content (AvgIpc) is 1.81. The molecule has 0 aromatic rings. The summed E-state index contributed by atoms with van der Waals surface area (Å²) in [6.07, 6.45) is 0.869. The van der Waals surface area contributed by atoms with E-state index < -0.39 is 5.60 Å². The van der Waals surface area contributed by atoms with Crippen molar-refractivity contribution in [3.05, 3.63) is 0 Å². The summed E-state index contributed by atoms with van der Waals surface area (Å²) in [6.45, 7) is 2.56. The van der Waals surface area contributed by atoms with Gasteiger partial charge in [0.05, 0.1) is 5.60 Å². The Bertz CT molecular complexity index is 110. The summed E-state index contributed by atoms with van der Waals surface area (Å²) < 4.78 is 0. The van der Waals surface area contributed by atoms with Crippen molar-refractivity contribution in [2.45, 2.75) is 12.0 Å². The molecule has 0 radical (unpaired) electrons. The summed E-state index contributed by atoms with van der Waals surface area (Å²) in [5, 5.41) is 12.7. The standard InChI is InChI=1S/C7H16N2O/c1-8-4-3-7(10)5-9(2)6-7/h8,10H,3-6H2,1-2H3. The maximum atomic E-state index is 9.63. The molecule has 1 fully saturated rings. The number of likely N-dealkylation sites (N-methyl/N-ethyl adjacent to an activating group) is 1. The van der Waals surface area contributed by atoms with E-state index in [1.165, 1.54) is 0 Å². The minimum absolute atomic E-state index is 0.391. The van der Waals surface area contributed by atoms with Crippen LogP contribution < -0.4 is 5.32 Å². The predicted octanol–water partition coefficient (Wildman–Crippen LogP) is -0.728. The Morgan fingerprint density at radius 2 is 2.20 bits per heavy atom. The van der Waals surface area contributed by atoms with Gasteiger partial charge in [0, 0.05) is 13.1 Å². The molecule has 0 atom stereocenters. The van der Waals surface area contributed by atoms with Crippen LogP contribution in [-0.4, -0.2) is 49.3 Å².